The Hall–Kier alpha value is -4.18. The van der Waals surface area contributed by atoms with Crippen LogP contribution in [-0.4, -0.2) is 61.0 Å². The Morgan fingerprint density at radius 3 is 1.02 bits per heavy atom. The lowest BCUT2D eigenvalue weighted by Crippen LogP contribution is -2.33. The molecule has 1 N–H and O–H groups in total. The van der Waals surface area contributed by atoms with Crippen molar-refractivity contribution in [2.24, 2.45) is 0 Å². The number of hydrogen-bond acceptors (Lipinski definition) is 5. The van der Waals surface area contributed by atoms with Crippen molar-refractivity contribution >= 4 is 47.7 Å². The van der Waals surface area contributed by atoms with Crippen LogP contribution in [0.2, 0.25) is 0 Å². The van der Waals surface area contributed by atoms with Crippen LogP contribution in [0.3, 0.4) is 0 Å². The van der Waals surface area contributed by atoms with Crippen molar-refractivity contribution in [2.75, 3.05) is 46.3 Å². The molecule has 0 saturated heterocycles. The molecule has 1 aliphatic heterocycles. The molecule has 6 aromatic rings. The maximum atomic E-state index is 7.60. The summed E-state index contributed by atoms with van der Waals surface area (Å²) in [6.07, 6.45) is 0. The highest BCUT2D eigenvalue weighted by atomic mass is 31.1. The minimum absolute atomic E-state index is 0.289. The highest BCUT2D eigenvalue weighted by Crippen LogP contribution is 2.52. The van der Waals surface area contributed by atoms with Gasteiger partial charge in [0.15, 0.2) is 0 Å². The number of nitrogens with zero attached hydrogens (tertiary/aromatic N) is 3. The molecular formula is C56H70N4OP2. The summed E-state index contributed by atoms with van der Waals surface area (Å²) >= 11 is 0. The maximum Gasteiger partial charge on any atom is 0.139 e. The summed E-state index contributed by atoms with van der Waals surface area (Å²) in [6, 6.07) is 51.5. The van der Waals surface area contributed by atoms with Crippen molar-refractivity contribution in [1.29, 1.82) is 0 Å². The SMILES string of the molecule is CCN(CC)Cc1ccc(P(c2ccc(CNC)cc2)c2cccc3c2Oc2c(P(c4ccc(CN(CC)CC)cc4)c4ccc(CN(CC)CC)cc4)cccc2C3(C)C)cc1. The number of rotatable bonds is 20. The molecule has 6 aromatic carbocycles. The summed E-state index contributed by atoms with van der Waals surface area (Å²) < 4.78 is 7.60. The Kier molecular flexibility index (Phi) is 16.1. The third-order valence-electron chi connectivity index (χ3n) is 13.1. The molecule has 0 fully saturated rings. The smallest absolute Gasteiger partial charge is 0.139 e. The van der Waals surface area contributed by atoms with Crippen molar-refractivity contribution in [3.8, 4) is 11.5 Å². The van der Waals surface area contributed by atoms with E-state index in [-0.39, 0.29) is 5.41 Å². The van der Waals surface area contributed by atoms with Gasteiger partial charge in [-0.1, -0.05) is 189 Å². The molecule has 0 saturated carbocycles. The van der Waals surface area contributed by atoms with Crippen LogP contribution in [0.5, 0.6) is 11.5 Å². The fourth-order valence-electron chi connectivity index (χ4n) is 9.04. The van der Waals surface area contributed by atoms with E-state index in [2.05, 4.69) is 209 Å². The van der Waals surface area contributed by atoms with E-state index in [4.69, 9.17) is 4.74 Å². The Labute approximate surface area is 382 Å². The van der Waals surface area contributed by atoms with E-state index in [9.17, 15) is 0 Å². The first-order valence-corrected chi connectivity index (χ1v) is 26.1. The Morgan fingerprint density at radius 2 is 0.730 bits per heavy atom. The summed E-state index contributed by atoms with van der Waals surface area (Å²) in [4.78, 5) is 7.45. The predicted octanol–water partition coefficient (Wildman–Crippen LogP) is 9.88. The van der Waals surface area contributed by atoms with Crippen LogP contribution in [0, 0.1) is 0 Å². The van der Waals surface area contributed by atoms with E-state index in [1.165, 1.54) is 65.2 Å². The fraction of sp³-hybridized carbons (Fsp3) is 0.357. The standard InChI is InChI=1S/C56H70N4OP2/c1-10-58(11-2)39-43-24-32-47(33-25-43)62(46-30-22-42(23-31-46)38-57-9)52-20-16-18-50-54(52)61-55-51(56(50,7)8)19-17-21-53(55)63(48-34-26-44(27-35-48)40-59(12-3)13-4)49-36-28-45(29-37-49)41-60(14-5)15-6/h16-37,57H,10-15,38-41H2,1-9H3. The van der Waals surface area contributed by atoms with Crippen molar-refractivity contribution < 1.29 is 4.74 Å². The van der Waals surface area contributed by atoms with Crippen LogP contribution >= 0.6 is 15.8 Å². The first-order chi connectivity index (χ1) is 30.6. The zero-order valence-corrected chi connectivity index (χ0v) is 41.2. The molecule has 1 aliphatic rings. The van der Waals surface area contributed by atoms with Crippen molar-refractivity contribution in [3.63, 3.8) is 0 Å². The monoisotopic (exact) mass is 877 g/mol. The summed E-state index contributed by atoms with van der Waals surface area (Å²) in [6.45, 7) is 28.3. The van der Waals surface area contributed by atoms with Crippen LogP contribution < -0.4 is 41.9 Å². The number of para-hydroxylation sites is 2. The molecule has 1 heterocycles. The topological polar surface area (TPSA) is 31.0 Å². The van der Waals surface area contributed by atoms with Gasteiger partial charge in [0, 0.05) is 53.3 Å². The quantitative estimate of drug-likeness (QED) is 0.0773. The Bertz CT molecular complexity index is 2310. The number of hydrogen-bond donors (Lipinski definition) is 1. The number of ether oxygens (including phenoxy) is 1. The Balaban J connectivity index is 1.36. The Morgan fingerprint density at radius 1 is 0.429 bits per heavy atom. The van der Waals surface area contributed by atoms with Crippen LogP contribution in [0.4, 0.5) is 0 Å². The molecule has 330 valence electrons. The fourth-order valence-corrected chi connectivity index (χ4v) is 13.7. The lowest BCUT2D eigenvalue weighted by atomic mass is 9.76. The number of fused-ring (bicyclic) bond motifs is 2. The summed E-state index contributed by atoms with van der Waals surface area (Å²) in [7, 11) is 0.0945. The summed E-state index contributed by atoms with van der Waals surface area (Å²) in [5.41, 5.74) is 7.54. The predicted molar refractivity (Wildman–Crippen MR) is 275 cm³/mol. The van der Waals surface area contributed by atoms with E-state index in [0.29, 0.717) is 0 Å². The largest absolute Gasteiger partial charge is 0.455 e. The first kappa shape index (κ1) is 46.8. The molecular weight excluding hydrogens is 807 g/mol. The molecule has 0 spiro atoms. The second-order valence-corrected chi connectivity index (χ2v) is 21.7. The molecule has 7 heteroatoms. The van der Waals surface area contributed by atoms with Gasteiger partial charge in [-0.05, 0) is 106 Å². The minimum Gasteiger partial charge on any atom is -0.455 e. The zero-order valence-electron chi connectivity index (χ0n) is 39.4. The zero-order chi connectivity index (χ0) is 44.5. The van der Waals surface area contributed by atoms with Gasteiger partial charge in [0.05, 0.1) is 0 Å². The van der Waals surface area contributed by atoms with Gasteiger partial charge in [0.1, 0.15) is 11.5 Å². The molecule has 0 amide bonds. The minimum atomic E-state index is -0.962. The van der Waals surface area contributed by atoms with Crippen LogP contribution in [0.25, 0.3) is 0 Å². The third-order valence-corrected chi connectivity index (χ3v) is 18.0. The van der Waals surface area contributed by atoms with E-state index in [1.807, 2.05) is 7.05 Å². The second kappa shape index (κ2) is 21.7. The molecule has 1 unspecified atom stereocenters. The van der Waals surface area contributed by atoms with Gasteiger partial charge in [-0.3, -0.25) is 14.7 Å². The van der Waals surface area contributed by atoms with Crippen LogP contribution in [0.1, 0.15) is 88.8 Å². The van der Waals surface area contributed by atoms with E-state index in [1.54, 1.807) is 0 Å². The molecule has 0 radical (unpaired) electrons. The normalized spacial score (nSPS) is 13.7. The average Bonchev–Trinajstić information content (AvgIpc) is 3.31. The second-order valence-electron chi connectivity index (χ2n) is 17.3. The van der Waals surface area contributed by atoms with Gasteiger partial charge < -0.3 is 10.1 Å². The molecule has 5 nitrogen and oxygen atoms in total. The van der Waals surface area contributed by atoms with E-state index < -0.39 is 15.8 Å². The number of benzene rings is 6. The van der Waals surface area contributed by atoms with E-state index in [0.717, 1.165) is 76.9 Å². The number of nitrogens with one attached hydrogen (secondary N) is 1. The van der Waals surface area contributed by atoms with Gasteiger partial charge >= 0.3 is 0 Å². The molecule has 63 heavy (non-hydrogen) atoms. The van der Waals surface area contributed by atoms with Crippen LogP contribution in [-0.2, 0) is 31.6 Å². The van der Waals surface area contributed by atoms with Gasteiger partial charge in [0.2, 0.25) is 0 Å². The van der Waals surface area contributed by atoms with Crippen molar-refractivity contribution in [2.45, 2.75) is 87.0 Å². The van der Waals surface area contributed by atoms with Crippen molar-refractivity contribution in [3.05, 3.63) is 167 Å². The summed E-state index contributed by atoms with van der Waals surface area (Å²) in [5.74, 6) is 2.03. The molecule has 0 aromatic heterocycles. The third kappa shape index (κ3) is 10.5. The molecule has 0 aliphatic carbocycles. The van der Waals surface area contributed by atoms with Gasteiger partial charge in [-0.2, -0.15) is 0 Å². The van der Waals surface area contributed by atoms with Crippen LogP contribution in [0.15, 0.2) is 133 Å². The van der Waals surface area contributed by atoms with Gasteiger partial charge in [-0.15, -0.1) is 0 Å². The molecule has 0 bridgehead atoms. The maximum absolute atomic E-state index is 7.60. The lowest BCUT2D eigenvalue weighted by Gasteiger charge is -2.38. The lowest BCUT2D eigenvalue weighted by molar-refractivity contribution is 0.296. The summed E-state index contributed by atoms with van der Waals surface area (Å²) in [5, 5.41) is 11.2. The molecule has 7 rings (SSSR count). The van der Waals surface area contributed by atoms with Gasteiger partial charge in [0.25, 0.3) is 0 Å². The van der Waals surface area contributed by atoms with Gasteiger partial charge in [-0.25, -0.2) is 0 Å². The molecule has 1 atom stereocenters. The first-order valence-electron chi connectivity index (χ1n) is 23.4. The highest BCUT2D eigenvalue weighted by Gasteiger charge is 2.39. The van der Waals surface area contributed by atoms with E-state index >= 15 is 0 Å². The van der Waals surface area contributed by atoms with Crippen molar-refractivity contribution in [1.82, 2.24) is 20.0 Å². The average molecular weight is 877 g/mol. The highest BCUT2D eigenvalue weighted by molar-refractivity contribution is 7.80.